The minimum absolute atomic E-state index is 0.188. The molecule has 3 aliphatic heterocycles. The molecule has 3 amide bonds. The number of ether oxygens (including phenoxy) is 1. The highest BCUT2D eigenvalue weighted by molar-refractivity contribution is 6.05. The van der Waals surface area contributed by atoms with Gasteiger partial charge in [-0.25, -0.2) is 0 Å². The minimum atomic E-state index is -0.622. The van der Waals surface area contributed by atoms with Crippen molar-refractivity contribution < 1.29 is 19.1 Å². The largest absolute Gasteiger partial charge is 0.489 e. The Labute approximate surface area is 193 Å². The van der Waals surface area contributed by atoms with Gasteiger partial charge in [-0.3, -0.25) is 24.6 Å². The van der Waals surface area contributed by atoms with E-state index in [4.69, 9.17) is 4.74 Å². The SMILES string of the molecule is O=C1CCC(N2Cc3c(OCc4ccc(CN5CCCCC5)cc4)cccc3C2=O)C(=O)N1. The number of likely N-dealkylation sites (tertiary alicyclic amines) is 1. The lowest BCUT2D eigenvalue weighted by molar-refractivity contribution is -0.136. The fourth-order valence-electron chi connectivity index (χ4n) is 4.97. The van der Waals surface area contributed by atoms with E-state index in [-0.39, 0.29) is 18.2 Å². The Balaban J connectivity index is 1.23. The lowest BCUT2D eigenvalue weighted by Gasteiger charge is -2.29. The zero-order valence-corrected chi connectivity index (χ0v) is 18.7. The number of fused-ring (bicyclic) bond motifs is 1. The van der Waals surface area contributed by atoms with Crippen molar-refractivity contribution in [2.45, 2.75) is 57.8 Å². The Hall–Kier alpha value is -3.19. The molecule has 0 aromatic heterocycles. The average Bonchev–Trinajstić information content (AvgIpc) is 3.16. The van der Waals surface area contributed by atoms with Crippen molar-refractivity contribution in [1.29, 1.82) is 0 Å². The molecular formula is C26H29N3O4. The van der Waals surface area contributed by atoms with Crippen molar-refractivity contribution in [3.8, 4) is 5.75 Å². The Kier molecular flexibility index (Phi) is 6.13. The molecule has 2 saturated heterocycles. The third-order valence-electron chi connectivity index (χ3n) is 6.81. The van der Waals surface area contributed by atoms with Gasteiger partial charge in [-0.1, -0.05) is 36.8 Å². The molecule has 172 valence electrons. The van der Waals surface area contributed by atoms with Gasteiger partial charge in [0.1, 0.15) is 18.4 Å². The summed E-state index contributed by atoms with van der Waals surface area (Å²) in [5.41, 5.74) is 3.75. The summed E-state index contributed by atoms with van der Waals surface area (Å²) in [6, 6.07) is 13.3. The van der Waals surface area contributed by atoms with Crippen LogP contribution in [-0.2, 0) is 29.3 Å². The van der Waals surface area contributed by atoms with Gasteiger partial charge in [0.15, 0.2) is 0 Å². The highest BCUT2D eigenvalue weighted by Crippen LogP contribution is 2.34. The molecule has 0 aliphatic carbocycles. The van der Waals surface area contributed by atoms with Crippen LogP contribution in [0, 0.1) is 0 Å². The van der Waals surface area contributed by atoms with Gasteiger partial charge in [0.05, 0.1) is 6.54 Å². The van der Waals surface area contributed by atoms with Crippen LogP contribution >= 0.6 is 0 Å². The molecule has 7 heteroatoms. The number of piperidine rings is 2. The smallest absolute Gasteiger partial charge is 0.255 e. The van der Waals surface area contributed by atoms with E-state index in [2.05, 4.69) is 34.5 Å². The third kappa shape index (κ3) is 4.64. The number of benzene rings is 2. The second-order valence-electron chi connectivity index (χ2n) is 9.12. The van der Waals surface area contributed by atoms with Gasteiger partial charge in [-0.05, 0) is 55.6 Å². The maximum absolute atomic E-state index is 13.0. The van der Waals surface area contributed by atoms with Gasteiger partial charge < -0.3 is 9.64 Å². The first-order valence-electron chi connectivity index (χ1n) is 11.8. The van der Waals surface area contributed by atoms with E-state index in [9.17, 15) is 14.4 Å². The molecule has 1 unspecified atom stereocenters. The zero-order chi connectivity index (χ0) is 22.8. The van der Waals surface area contributed by atoms with Gasteiger partial charge in [-0.15, -0.1) is 0 Å². The Morgan fingerprint density at radius 3 is 2.45 bits per heavy atom. The number of hydrogen-bond acceptors (Lipinski definition) is 5. The van der Waals surface area contributed by atoms with E-state index in [1.807, 2.05) is 12.1 Å². The van der Waals surface area contributed by atoms with Gasteiger partial charge in [0.2, 0.25) is 11.8 Å². The predicted octanol–water partition coefficient (Wildman–Crippen LogP) is 3.01. The first-order valence-corrected chi connectivity index (χ1v) is 11.8. The molecule has 3 aliphatic rings. The second-order valence-corrected chi connectivity index (χ2v) is 9.12. The van der Waals surface area contributed by atoms with Crippen LogP contribution in [0.15, 0.2) is 42.5 Å². The summed E-state index contributed by atoms with van der Waals surface area (Å²) in [6.07, 6.45) is 4.51. The maximum atomic E-state index is 13.0. The number of amides is 3. The van der Waals surface area contributed by atoms with Crippen LogP contribution in [0.4, 0.5) is 0 Å². The first-order chi connectivity index (χ1) is 16.1. The molecule has 2 aromatic carbocycles. The lowest BCUT2D eigenvalue weighted by atomic mass is 10.0. The van der Waals surface area contributed by atoms with Crippen molar-refractivity contribution in [3.05, 3.63) is 64.7 Å². The molecule has 0 radical (unpaired) electrons. The summed E-state index contributed by atoms with van der Waals surface area (Å²) in [5.74, 6) is -0.217. The van der Waals surface area contributed by atoms with Crippen LogP contribution in [0.25, 0.3) is 0 Å². The molecule has 0 spiro atoms. The Morgan fingerprint density at radius 2 is 1.70 bits per heavy atom. The highest BCUT2D eigenvalue weighted by atomic mass is 16.5. The molecule has 1 atom stereocenters. The zero-order valence-electron chi connectivity index (χ0n) is 18.7. The number of carbonyl (C=O) groups is 3. The van der Waals surface area contributed by atoms with Crippen molar-refractivity contribution in [1.82, 2.24) is 15.1 Å². The summed E-state index contributed by atoms with van der Waals surface area (Å²) in [5, 5.41) is 2.34. The molecule has 2 aromatic rings. The van der Waals surface area contributed by atoms with Crippen molar-refractivity contribution >= 4 is 17.7 Å². The van der Waals surface area contributed by atoms with Crippen LogP contribution < -0.4 is 10.1 Å². The van der Waals surface area contributed by atoms with Gasteiger partial charge in [-0.2, -0.15) is 0 Å². The number of nitrogens with one attached hydrogen (secondary N) is 1. The normalized spacial score (nSPS) is 21.2. The molecule has 0 bridgehead atoms. The third-order valence-corrected chi connectivity index (χ3v) is 6.81. The molecule has 2 fully saturated rings. The molecular weight excluding hydrogens is 418 g/mol. The number of hydrogen-bond donors (Lipinski definition) is 1. The summed E-state index contributed by atoms with van der Waals surface area (Å²) in [4.78, 5) is 40.8. The predicted molar refractivity (Wildman–Crippen MR) is 122 cm³/mol. The van der Waals surface area contributed by atoms with Crippen LogP contribution in [0.3, 0.4) is 0 Å². The molecule has 0 saturated carbocycles. The van der Waals surface area contributed by atoms with Crippen LogP contribution in [-0.4, -0.2) is 46.7 Å². The number of rotatable bonds is 6. The van der Waals surface area contributed by atoms with E-state index in [1.54, 1.807) is 11.0 Å². The van der Waals surface area contributed by atoms with Crippen LogP contribution in [0.1, 0.15) is 59.2 Å². The van der Waals surface area contributed by atoms with E-state index in [0.29, 0.717) is 30.9 Å². The first kappa shape index (κ1) is 21.6. The van der Waals surface area contributed by atoms with Crippen molar-refractivity contribution in [2.24, 2.45) is 0 Å². The number of nitrogens with zero attached hydrogens (tertiary/aromatic N) is 2. The van der Waals surface area contributed by atoms with Crippen LogP contribution in [0.5, 0.6) is 5.75 Å². The standard InChI is InChI=1S/C26H29N3O4/c30-24-12-11-22(25(31)27-24)29-16-21-20(26(29)32)5-4-6-23(21)33-17-19-9-7-18(8-10-19)15-28-13-2-1-3-14-28/h4-10,22H,1-3,11-17H2,(H,27,30,31). The minimum Gasteiger partial charge on any atom is -0.489 e. The molecule has 3 heterocycles. The Morgan fingerprint density at radius 1 is 0.939 bits per heavy atom. The monoisotopic (exact) mass is 447 g/mol. The van der Waals surface area contributed by atoms with Gasteiger partial charge in [0.25, 0.3) is 5.91 Å². The number of carbonyl (C=O) groups excluding carboxylic acids is 3. The van der Waals surface area contributed by atoms with Gasteiger partial charge in [0, 0.05) is 24.1 Å². The van der Waals surface area contributed by atoms with Crippen molar-refractivity contribution in [3.63, 3.8) is 0 Å². The highest BCUT2D eigenvalue weighted by Gasteiger charge is 2.40. The fourth-order valence-corrected chi connectivity index (χ4v) is 4.97. The molecule has 7 nitrogen and oxygen atoms in total. The molecule has 1 N–H and O–H groups in total. The Bertz CT molecular complexity index is 1060. The topological polar surface area (TPSA) is 79.0 Å². The van der Waals surface area contributed by atoms with Gasteiger partial charge >= 0.3 is 0 Å². The second kappa shape index (κ2) is 9.35. The summed E-state index contributed by atoms with van der Waals surface area (Å²) >= 11 is 0. The van der Waals surface area contributed by atoms with Crippen LogP contribution in [0.2, 0.25) is 0 Å². The molecule has 5 rings (SSSR count). The lowest BCUT2D eigenvalue weighted by Crippen LogP contribution is -2.52. The summed E-state index contributed by atoms with van der Waals surface area (Å²) < 4.78 is 6.11. The molecule has 33 heavy (non-hydrogen) atoms. The quantitative estimate of drug-likeness (QED) is 0.689. The number of imide groups is 1. The summed E-state index contributed by atoms with van der Waals surface area (Å²) in [7, 11) is 0. The van der Waals surface area contributed by atoms with E-state index < -0.39 is 11.9 Å². The fraction of sp³-hybridized carbons (Fsp3) is 0.423. The summed E-state index contributed by atoms with van der Waals surface area (Å²) in [6.45, 7) is 4.07. The van der Waals surface area contributed by atoms with E-state index in [1.165, 1.54) is 37.9 Å². The maximum Gasteiger partial charge on any atom is 0.255 e. The van der Waals surface area contributed by atoms with E-state index >= 15 is 0 Å². The van der Waals surface area contributed by atoms with Crippen molar-refractivity contribution in [2.75, 3.05) is 13.1 Å². The average molecular weight is 448 g/mol. The van der Waals surface area contributed by atoms with E-state index in [0.717, 1.165) is 17.7 Å².